The van der Waals surface area contributed by atoms with Gasteiger partial charge in [0.25, 0.3) is 0 Å². The highest BCUT2D eigenvalue weighted by Crippen LogP contribution is 2.31. The molecule has 0 spiro atoms. The molecular weight excluding hydrogens is 366 g/mol. The third kappa shape index (κ3) is 3.58. The summed E-state index contributed by atoms with van der Waals surface area (Å²) in [6.45, 7) is 5.63. The van der Waals surface area contributed by atoms with Crippen LogP contribution < -0.4 is 9.47 Å². The Bertz CT molecular complexity index is 944. The fourth-order valence-electron chi connectivity index (χ4n) is 3.06. The van der Waals surface area contributed by atoms with Crippen LogP contribution in [0.4, 0.5) is 0 Å². The summed E-state index contributed by atoms with van der Waals surface area (Å²) < 4.78 is 20.9. The van der Waals surface area contributed by atoms with Crippen LogP contribution in [0.2, 0.25) is 0 Å². The van der Waals surface area contributed by atoms with Gasteiger partial charge in [0.1, 0.15) is 13.2 Å². The van der Waals surface area contributed by atoms with Crippen LogP contribution in [0.3, 0.4) is 0 Å². The predicted molar refractivity (Wildman–Crippen MR) is 98.2 cm³/mol. The van der Waals surface area contributed by atoms with Crippen molar-refractivity contribution < 1.29 is 33.3 Å². The first-order valence-corrected chi connectivity index (χ1v) is 8.75. The number of aryl methyl sites for hydroxylation is 1. The second-order valence-corrected chi connectivity index (χ2v) is 6.39. The highest BCUT2D eigenvalue weighted by atomic mass is 16.6. The first-order chi connectivity index (χ1) is 13.3. The minimum Gasteiger partial charge on any atom is -0.486 e. The summed E-state index contributed by atoms with van der Waals surface area (Å²) in [5.41, 5.74) is 1.73. The summed E-state index contributed by atoms with van der Waals surface area (Å²) in [7, 11) is 1.27. The number of carbonyl (C=O) groups excluding carboxylic acids is 3. The van der Waals surface area contributed by atoms with E-state index in [1.54, 1.807) is 26.0 Å². The molecule has 8 heteroatoms. The number of ketones is 1. The zero-order valence-electron chi connectivity index (χ0n) is 16.1. The molecule has 2 heterocycles. The summed E-state index contributed by atoms with van der Waals surface area (Å²) in [6.07, 6.45) is -1.05. The number of aromatic amines is 1. The number of carbonyl (C=O) groups is 3. The number of methoxy groups -OCH3 is 1. The van der Waals surface area contributed by atoms with Crippen LogP contribution in [-0.2, 0) is 9.47 Å². The first-order valence-electron chi connectivity index (χ1n) is 8.75. The van der Waals surface area contributed by atoms with Gasteiger partial charge in [0.15, 0.2) is 17.6 Å². The van der Waals surface area contributed by atoms with Gasteiger partial charge in [0.2, 0.25) is 5.78 Å². The Kier molecular flexibility index (Phi) is 5.39. The minimum absolute atomic E-state index is 0.209. The number of H-pyrrole nitrogens is 1. The molecule has 1 aliphatic rings. The third-order valence-corrected chi connectivity index (χ3v) is 4.50. The lowest BCUT2D eigenvalue weighted by Gasteiger charge is -2.19. The van der Waals surface area contributed by atoms with E-state index < -0.39 is 23.8 Å². The number of hydrogen-bond acceptors (Lipinski definition) is 7. The maximum Gasteiger partial charge on any atom is 0.339 e. The summed E-state index contributed by atoms with van der Waals surface area (Å²) >= 11 is 0. The first kappa shape index (κ1) is 19.5. The lowest BCUT2D eigenvalue weighted by molar-refractivity contribution is 0.0316. The quantitative estimate of drug-likeness (QED) is 0.621. The molecule has 8 nitrogen and oxygen atoms in total. The second-order valence-electron chi connectivity index (χ2n) is 6.39. The highest BCUT2D eigenvalue weighted by molar-refractivity contribution is 6.04. The van der Waals surface area contributed by atoms with Gasteiger partial charge in [0.05, 0.1) is 23.9 Å². The molecule has 2 aromatic rings. The minimum atomic E-state index is -1.05. The molecule has 0 saturated carbocycles. The van der Waals surface area contributed by atoms with Gasteiger partial charge >= 0.3 is 11.9 Å². The Labute approximate surface area is 161 Å². The van der Waals surface area contributed by atoms with Crippen LogP contribution in [0.1, 0.15) is 49.4 Å². The molecule has 0 radical (unpaired) electrons. The molecule has 0 amide bonds. The van der Waals surface area contributed by atoms with Crippen molar-refractivity contribution in [1.29, 1.82) is 0 Å². The van der Waals surface area contributed by atoms with Gasteiger partial charge in [-0.25, -0.2) is 9.59 Å². The zero-order chi connectivity index (χ0) is 20.4. The van der Waals surface area contributed by atoms with E-state index in [1.807, 2.05) is 0 Å². The number of hydrogen-bond donors (Lipinski definition) is 1. The molecule has 0 bridgehead atoms. The number of esters is 2. The van der Waals surface area contributed by atoms with Gasteiger partial charge in [0, 0.05) is 5.69 Å². The number of aromatic nitrogens is 1. The van der Waals surface area contributed by atoms with Crippen molar-refractivity contribution in [2.75, 3.05) is 20.3 Å². The van der Waals surface area contributed by atoms with Crippen molar-refractivity contribution in [3.8, 4) is 11.5 Å². The number of nitrogens with one attached hydrogen (secondary N) is 1. The average molecular weight is 387 g/mol. The molecule has 1 aromatic carbocycles. The van der Waals surface area contributed by atoms with Crippen LogP contribution >= 0.6 is 0 Å². The van der Waals surface area contributed by atoms with E-state index in [-0.39, 0.29) is 11.3 Å². The van der Waals surface area contributed by atoms with Gasteiger partial charge in [-0.15, -0.1) is 0 Å². The van der Waals surface area contributed by atoms with Crippen molar-refractivity contribution in [1.82, 2.24) is 4.98 Å². The van der Waals surface area contributed by atoms with E-state index in [0.29, 0.717) is 41.5 Å². The normalized spacial score (nSPS) is 13.6. The molecular formula is C20H21NO7. The van der Waals surface area contributed by atoms with Gasteiger partial charge in [-0.3, -0.25) is 4.79 Å². The van der Waals surface area contributed by atoms with Gasteiger partial charge in [-0.2, -0.15) is 0 Å². The molecule has 1 aliphatic heterocycles. The molecule has 3 rings (SSSR count). The Morgan fingerprint density at radius 3 is 2.43 bits per heavy atom. The Morgan fingerprint density at radius 2 is 1.75 bits per heavy atom. The van der Waals surface area contributed by atoms with Crippen LogP contribution in [0.15, 0.2) is 18.2 Å². The highest BCUT2D eigenvalue weighted by Gasteiger charge is 2.28. The summed E-state index contributed by atoms with van der Waals surface area (Å²) in [5, 5.41) is 0. The van der Waals surface area contributed by atoms with Gasteiger partial charge < -0.3 is 23.9 Å². The average Bonchev–Trinajstić information content (AvgIpc) is 3.00. The molecule has 0 saturated heterocycles. The van der Waals surface area contributed by atoms with Crippen LogP contribution in [0.25, 0.3) is 0 Å². The number of Topliss-reactive ketones (excluding diaryl/α,β-unsaturated/α-hetero) is 1. The standard InChI is InChI=1S/C20H21NO7/c1-10-16(20(24)25-4)11(2)21-17(10)18(22)12(3)28-19(23)13-5-6-14-15(9-13)27-8-7-26-14/h5-6,9,12,21H,7-8H2,1-4H3/t12-/m1/s1. The summed E-state index contributed by atoms with van der Waals surface area (Å²) in [6, 6.07) is 4.69. The number of rotatable bonds is 5. The number of ether oxygens (including phenoxy) is 4. The molecule has 0 aliphatic carbocycles. The van der Waals surface area contributed by atoms with Gasteiger partial charge in [-0.05, 0) is 44.5 Å². The predicted octanol–water partition coefficient (Wildman–Crippen LogP) is 2.62. The lowest BCUT2D eigenvalue weighted by Crippen LogP contribution is -2.25. The van der Waals surface area contributed by atoms with E-state index in [1.165, 1.54) is 20.1 Å². The van der Waals surface area contributed by atoms with Gasteiger partial charge in [-0.1, -0.05) is 0 Å². The zero-order valence-corrected chi connectivity index (χ0v) is 16.1. The van der Waals surface area contributed by atoms with Crippen LogP contribution in [0.5, 0.6) is 11.5 Å². The molecule has 0 unspecified atom stereocenters. The monoisotopic (exact) mass is 387 g/mol. The van der Waals surface area contributed by atoms with E-state index in [0.717, 1.165) is 0 Å². The topological polar surface area (TPSA) is 104 Å². The Morgan fingerprint density at radius 1 is 1.07 bits per heavy atom. The molecule has 1 N–H and O–H groups in total. The maximum atomic E-state index is 12.7. The maximum absolute atomic E-state index is 12.7. The van der Waals surface area contributed by atoms with Crippen molar-refractivity contribution in [3.05, 3.63) is 46.3 Å². The molecule has 28 heavy (non-hydrogen) atoms. The fraction of sp³-hybridized carbons (Fsp3) is 0.350. The lowest BCUT2D eigenvalue weighted by atomic mass is 10.1. The van der Waals surface area contributed by atoms with E-state index in [4.69, 9.17) is 18.9 Å². The molecule has 148 valence electrons. The van der Waals surface area contributed by atoms with E-state index in [2.05, 4.69) is 4.98 Å². The third-order valence-electron chi connectivity index (χ3n) is 4.50. The Hall–Kier alpha value is -3.29. The summed E-state index contributed by atoms with van der Waals surface area (Å²) in [5.74, 6) is -0.627. The summed E-state index contributed by atoms with van der Waals surface area (Å²) in [4.78, 5) is 39.9. The molecule has 1 atom stereocenters. The Balaban J connectivity index is 1.76. The van der Waals surface area contributed by atoms with E-state index in [9.17, 15) is 14.4 Å². The number of fused-ring (bicyclic) bond motifs is 1. The van der Waals surface area contributed by atoms with Crippen molar-refractivity contribution in [3.63, 3.8) is 0 Å². The molecule has 0 fully saturated rings. The number of benzene rings is 1. The van der Waals surface area contributed by atoms with Crippen LogP contribution in [0, 0.1) is 13.8 Å². The van der Waals surface area contributed by atoms with Crippen molar-refractivity contribution in [2.45, 2.75) is 26.9 Å². The van der Waals surface area contributed by atoms with Crippen molar-refractivity contribution >= 4 is 17.7 Å². The smallest absolute Gasteiger partial charge is 0.339 e. The molecule has 1 aromatic heterocycles. The SMILES string of the molecule is COC(=O)c1c(C)[nH]c(C(=O)[C@@H](C)OC(=O)c2ccc3c(c2)OCCO3)c1C. The fourth-order valence-corrected chi connectivity index (χ4v) is 3.06. The largest absolute Gasteiger partial charge is 0.486 e. The van der Waals surface area contributed by atoms with Crippen molar-refractivity contribution in [2.24, 2.45) is 0 Å². The second kappa shape index (κ2) is 7.75. The van der Waals surface area contributed by atoms with Crippen LogP contribution in [-0.4, -0.2) is 49.1 Å². The van der Waals surface area contributed by atoms with E-state index >= 15 is 0 Å².